The lowest BCUT2D eigenvalue weighted by molar-refractivity contribution is 1.10. The molecule has 94 valence electrons. The van der Waals surface area contributed by atoms with Crippen LogP contribution in [0.4, 0.5) is 0 Å². The van der Waals surface area contributed by atoms with Crippen molar-refractivity contribution in [3.8, 4) is 21.1 Å². The number of hydrogen-bond acceptors (Lipinski definition) is 3. The topological polar surface area (TPSA) is 25.8 Å². The van der Waals surface area contributed by atoms with Crippen LogP contribution in [0.15, 0.2) is 53.0 Å². The Morgan fingerprint density at radius 2 is 1.26 bits per heavy atom. The normalized spacial score (nSPS) is 10.6. The first-order valence-corrected chi connectivity index (χ1v) is 7.56. The van der Waals surface area contributed by atoms with Gasteiger partial charge < -0.3 is 0 Å². The molecule has 0 amide bonds. The molecule has 0 N–H and O–H groups in total. The maximum Gasteiger partial charge on any atom is 0.148 e. The predicted octanol–water partition coefficient (Wildman–Crippen LogP) is 5.29. The highest BCUT2D eigenvalue weighted by molar-refractivity contribution is 9.10. The molecule has 2 nitrogen and oxygen atoms in total. The molecule has 5 heteroatoms. The lowest BCUT2D eigenvalue weighted by atomic mass is 10.2. The summed E-state index contributed by atoms with van der Waals surface area (Å²) in [6.07, 6.45) is 0. The van der Waals surface area contributed by atoms with Crippen molar-refractivity contribution in [3.05, 3.63) is 58.0 Å². The summed E-state index contributed by atoms with van der Waals surface area (Å²) in [6, 6.07) is 15.7. The third-order valence-electron chi connectivity index (χ3n) is 2.61. The highest BCUT2D eigenvalue weighted by Gasteiger charge is 2.08. The van der Waals surface area contributed by atoms with Crippen LogP contribution in [-0.2, 0) is 0 Å². The number of halogens is 2. The van der Waals surface area contributed by atoms with Gasteiger partial charge in [0.05, 0.1) is 0 Å². The molecule has 0 spiro atoms. The molecule has 0 aliphatic heterocycles. The molecule has 0 bridgehead atoms. The summed E-state index contributed by atoms with van der Waals surface area (Å²) >= 11 is 10.9. The van der Waals surface area contributed by atoms with Crippen molar-refractivity contribution in [1.29, 1.82) is 0 Å². The maximum absolute atomic E-state index is 5.88. The number of nitrogens with zero attached hydrogens (tertiary/aromatic N) is 2. The fraction of sp³-hybridized carbons (Fsp3) is 0. The van der Waals surface area contributed by atoms with Gasteiger partial charge in [-0.05, 0) is 24.3 Å². The highest BCUT2D eigenvalue weighted by atomic mass is 79.9. The molecule has 1 aromatic heterocycles. The lowest BCUT2D eigenvalue weighted by Gasteiger charge is -1.95. The number of aromatic nitrogens is 2. The van der Waals surface area contributed by atoms with Crippen LogP contribution in [0.25, 0.3) is 21.1 Å². The van der Waals surface area contributed by atoms with Crippen LogP contribution in [0.2, 0.25) is 5.02 Å². The Morgan fingerprint density at radius 1 is 0.789 bits per heavy atom. The van der Waals surface area contributed by atoms with Gasteiger partial charge in [-0.15, -0.1) is 10.2 Å². The van der Waals surface area contributed by atoms with Gasteiger partial charge >= 0.3 is 0 Å². The van der Waals surface area contributed by atoms with Crippen molar-refractivity contribution in [2.45, 2.75) is 0 Å². The zero-order valence-electron chi connectivity index (χ0n) is 9.68. The van der Waals surface area contributed by atoms with Gasteiger partial charge in [-0.2, -0.15) is 0 Å². The summed E-state index contributed by atoms with van der Waals surface area (Å²) in [4.78, 5) is 0. The van der Waals surface area contributed by atoms with Gasteiger partial charge in [0, 0.05) is 20.6 Å². The van der Waals surface area contributed by atoms with Crippen molar-refractivity contribution in [2.24, 2.45) is 0 Å². The van der Waals surface area contributed by atoms with Gasteiger partial charge in [0.25, 0.3) is 0 Å². The van der Waals surface area contributed by atoms with Crippen molar-refractivity contribution in [3.63, 3.8) is 0 Å². The van der Waals surface area contributed by atoms with Crippen LogP contribution in [0.3, 0.4) is 0 Å². The van der Waals surface area contributed by atoms with E-state index in [1.807, 2.05) is 48.5 Å². The summed E-state index contributed by atoms with van der Waals surface area (Å²) < 4.78 is 1.05. The Hall–Kier alpha value is -1.23. The SMILES string of the molecule is Clc1ccc(-c2nnc(-c3ccc(Br)cc3)s2)cc1. The van der Waals surface area contributed by atoms with Gasteiger partial charge in [-0.3, -0.25) is 0 Å². The molecule has 0 atom stereocenters. The van der Waals surface area contributed by atoms with Crippen LogP contribution in [0.5, 0.6) is 0 Å². The Balaban J connectivity index is 1.95. The second-order valence-corrected chi connectivity index (χ2v) is 6.26. The first-order valence-electron chi connectivity index (χ1n) is 5.58. The predicted molar refractivity (Wildman–Crippen MR) is 83.5 cm³/mol. The fourth-order valence-corrected chi connectivity index (χ4v) is 2.89. The van der Waals surface area contributed by atoms with Crippen molar-refractivity contribution >= 4 is 38.9 Å². The van der Waals surface area contributed by atoms with E-state index < -0.39 is 0 Å². The molecule has 0 radical (unpaired) electrons. The van der Waals surface area contributed by atoms with Crippen molar-refractivity contribution in [2.75, 3.05) is 0 Å². The number of rotatable bonds is 2. The van der Waals surface area contributed by atoms with Gasteiger partial charge in [0.1, 0.15) is 10.0 Å². The number of hydrogen-bond donors (Lipinski definition) is 0. The van der Waals surface area contributed by atoms with Crippen LogP contribution in [-0.4, -0.2) is 10.2 Å². The average Bonchev–Trinajstić information content (AvgIpc) is 2.90. The van der Waals surface area contributed by atoms with Crippen LogP contribution < -0.4 is 0 Å². The minimum atomic E-state index is 0.724. The van der Waals surface area contributed by atoms with E-state index >= 15 is 0 Å². The number of benzene rings is 2. The Kier molecular flexibility index (Phi) is 3.64. The van der Waals surface area contributed by atoms with E-state index in [-0.39, 0.29) is 0 Å². The third-order valence-corrected chi connectivity index (χ3v) is 4.41. The lowest BCUT2D eigenvalue weighted by Crippen LogP contribution is -1.77. The average molecular weight is 352 g/mol. The first-order chi connectivity index (χ1) is 9.22. The van der Waals surface area contributed by atoms with Gasteiger partial charge in [0.15, 0.2) is 0 Å². The highest BCUT2D eigenvalue weighted by Crippen LogP contribution is 2.30. The molecule has 0 aliphatic rings. The maximum atomic E-state index is 5.88. The van der Waals surface area contributed by atoms with E-state index in [1.54, 1.807) is 11.3 Å². The third kappa shape index (κ3) is 2.86. The molecule has 19 heavy (non-hydrogen) atoms. The minimum Gasteiger partial charge on any atom is -0.138 e. The minimum absolute atomic E-state index is 0.724. The molecular weight excluding hydrogens is 344 g/mol. The van der Waals surface area contributed by atoms with Gasteiger partial charge in [-0.1, -0.05) is 63.1 Å². The molecule has 0 saturated carbocycles. The van der Waals surface area contributed by atoms with E-state index in [2.05, 4.69) is 26.1 Å². The van der Waals surface area contributed by atoms with Crippen LogP contribution in [0, 0.1) is 0 Å². The standard InChI is InChI=1S/C14H8BrClN2S/c15-11-5-1-9(2-6-11)13-17-18-14(19-13)10-3-7-12(16)8-4-10/h1-8H. The van der Waals surface area contributed by atoms with E-state index in [9.17, 15) is 0 Å². The van der Waals surface area contributed by atoms with E-state index in [1.165, 1.54) is 0 Å². The van der Waals surface area contributed by atoms with Crippen LogP contribution in [0.1, 0.15) is 0 Å². The Bertz CT molecular complexity index is 632. The molecule has 3 aromatic rings. The summed E-state index contributed by atoms with van der Waals surface area (Å²) in [7, 11) is 0. The quantitative estimate of drug-likeness (QED) is 0.627. The van der Waals surface area contributed by atoms with E-state index in [4.69, 9.17) is 11.6 Å². The first kappa shape index (κ1) is 12.8. The molecule has 0 unspecified atom stereocenters. The Morgan fingerprint density at radius 3 is 1.79 bits per heavy atom. The molecule has 0 aliphatic carbocycles. The summed E-state index contributed by atoms with van der Waals surface area (Å²) in [5.41, 5.74) is 2.10. The molecule has 0 fully saturated rings. The zero-order chi connectivity index (χ0) is 13.2. The van der Waals surface area contributed by atoms with Gasteiger partial charge in [0.2, 0.25) is 0 Å². The van der Waals surface area contributed by atoms with Gasteiger partial charge in [-0.25, -0.2) is 0 Å². The monoisotopic (exact) mass is 350 g/mol. The van der Waals surface area contributed by atoms with Crippen molar-refractivity contribution < 1.29 is 0 Å². The smallest absolute Gasteiger partial charge is 0.138 e. The molecule has 3 rings (SSSR count). The zero-order valence-corrected chi connectivity index (χ0v) is 12.8. The summed E-state index contributed by atoms with van der Waals surface area (Å²) in [6.45, 7) is 0. The van der Waals surface area contributed by atoms with Crippen molar-refractivity contribution in [1.82, 2.24) is 10.2 Å². The fourth-order valence-electron chi connectivity index (χ4n) is 1.64. The molecule has 1 heterocycles. The summed E-state index contributed by atoms with van der Waals surface area (Å²) in [5, 5.41) is 11.0. The van der Waals surface area contributed by atoms with E-state index in [0.29, 0.717) is 0 Å². The second kappa shape index (κ2) is 5.41. The molecule has 0 saturated heterocycles. The van der Waals surface area contributed by atoms with E-state index in [0.717, 1.165) is 30.6 Å². The van der Waals surface area contributed by atoms with Crippen LogP contribution >= 0.6 is 38.9 Å². The Labute approximate surface area is 128 Å². The summed E-state index contributed by atoms with van der Waals surface area (Å²) in [5.74, 6) is 0. The molecular formula is C14H8BrClN2S. The molecule has 2 aromatic carbocycles. The largest absolute Gasteiger partial charge is 0.148 e. The second-order valence-electron chi connectivity index (χ2n) is 3.93.